The van der Waals surface area contributed by atoms with Gasteiger partial charge in [-0.3, -0.25) is 9.59 Å². The minimum Gasteiger partial charge on any atom is -0.508 e. The number of halogens is 1. The van der Waals surface area contributed by atoms with Crippen molar-refractivity contribution in [1.82, 2.24) is 5.01 Å². The molecule has 0 bridgehead atoms. The molecule has 0 radical (unpaired) electrons. The van der Waals surface area contributed by atoms with Gasteiger partial charge in [0.05, 0.1) is 11.8 Å². The predicted octanol–water partition coefficient (Wildman–Crippen LogP) is 4.09. The zero-order chi connectivity index (χ0) is 19.4. The van der Waals surface area contributed by atoms with Crippen molar-refractivity contribution in [2.45, 2.75) is 31.7 Å². The molecule has 0 unspecified atom stereocenters. The summed E-state index contributed by atoms with van der Waals surface area (Å²) in [6.45, 7) is 0. The van der Waals surface area contributed by atoms with Gasteiger partial charge in [-0.25, -0.2) is 5.01 Å². The van der Waals surface area contributed by atoms with E-state index in [0.29, 0.717) is 12.0 Å². The molecule has 1 amide bonds. The first-order chi connectivity index (χ1) is 13.0. The van der Waals surface area contributed by atoms with E-state index in [4.69, 9.17) is 5.11 Å². The lowest BCUT2D eigenvalue weighted by Crippen LogP contribution is -2.27. The van der Waals surface area contributed by atoms with E-state index in [0.717, 1.165) is 15.7 Å². The zero-order valence-corrected chi connectivity index (χ0v) is 16.1. The van der Waals surface area contributed by atoms with E-state index in [1.54, 1.807) is 24.3 Å². The predicted molar refractivity (Wildman–Crippen MR) is 104 cm³/mol. The van der Waals surface area contributed by atoms with Crippen LogP contribution in [0.4, 0.5) is 0 Å². The summed E-state index contributed by atoms with van der Waals surface area (Å²) in [6.07, 6.45) is 0.753. The molecular weight excluding hydrogens is 412 g/mol. The SMILES string of the molecule is O=C(O)CCCC(=O)N1N=C(c2ccc(Br)cc2)C[C@H]1c1ccccc1O. The standard InChI is InChI=1S/C20H19BrN2O4/c21-14-10-8-13(9-11-14)16-12-17(15-4-1-2-5-18(15)24)23(22-16)19(25)6-3-7-20(26)27/h1-2,4-5,8-11,17,24H,3,6-7,12H2,(H,26,27)/t17-/m0/s1. The van der Waals surface area contributed by atoms with Crippen molar-refractivity contribution in [3.05, 3.63) is 64.1 Å². The first kappa shape index (κ1) is 19.1. The number of carboxylic acids is 1. The van der Waals surface area contributed by atoms with Crippen molar-refractivity contribution in [3.8, 4) is 5.75 Å². The van der Waals surface area contributed by atoms with Crippen LogP contribution < -0.4 is 0 Å². The van der Waals surface area contributed by atoms with Crippen LogP contribution >= 0.6 is 15.9 Å². The van der Waals surface area contributed by atoms with E-state index in [1.165, 1.54) is 5.01 Å². The molecular formula is C20H19BrN2O4. The molecule has 0 aromatic heterocycles. The van der Waals surface area contributed by atoms with Crippen molar-refractivity contribution < 1.29 is 19.8 Å². The average Bonchev–Trinajstić information content (AvgIpc) is 3.07. The normalized spacial score (nSPS) is 16.3. The van der Waals surface area contributed by atoms with Gasteiger partial charge in [0, 0.05) is 29.3 Å². The lowest BCUT2D eigenvalue weighted by atomic mass is 9.97. The molecule has 1 heterocycles. The highest BCUT2D eigenvalue weighted by molar-refractivity contribution is 9.10. The largest absolute Gasteiger partial charge is 0.508 e. The quantitative estimate of drug-likeness (QED) is 0.721. The van der Waals surface area contributed by atoms with Crippen LogP contribution in [-0.2, 0) is 9.59 Å². The van der Waals surface area contributed by atoms with Crippen LogP contribution in [0.15, 0.2) is 58.1 Å². The van der Waals surface area contributed by atoms with Gasteiger partial charge in [-0.1, -0.05) is 46.3 Å². The summed E-state index contributed by atoms with van der Waals surface area (Å²) in [6, 6.07) is 14.1. The Hall–Kier alpha value is -2.67. The fraction of sp³-hybridized carbons (Fsp3) is 0.250. The Labute approximate surface area is 165 Å². The highest BCUT2D eigenvalue weighted by atomic mass is 79.9. The number of hydrogen-bond acceptors (Lipinski definition) is 4. The molecule has 0 spiro atoms. The number of nitrogens with zero attached hydrogens (tertiary/aromatic N) is 2. The molecule has 1 aliphatic rings. The van der Waals surface area contributed by atoms with Crippen LogP contribution in [0.1, 0.15) is 42.9 Å². The van der Waals surface area contributed by atoms with Gasteiger partial charge in [0.15, 0.2) is 0 Å². The Morgan fingerprint density at radius 1 is 1.11 bits per heavy atom. The number of rotatable bonds is 6. The number of carboxylic acid groups (broad SMARTS) is 1. The molecule has 140 valence electrons. The number of amides is 1. The van der Waals surface area contributed by atoms with Gasteiger partial charge in [0.1, 0.15) is 5.75 Å². The fourth-order valence-corrected chi connectivity index (χ4v) is 3.34. The molecule has 6 nitrogen and oxygen atoms in total. The zero-order valence-electron chi connectivity index (χ0n) is 14.5. The van der Waals surface area contributed by atoms with E-state index in [9.17, 15) is 14.7 Å². The highest BCUT2D eigenvalue weighted by Gasteiger charge is 2.34. The summed E-state index contributed by atoms with van der Waals surface area (Å²) in [7, 11) is 0. The number of aromatic hydroxyl groups is 1. The van der Waals surface area contributed by atoms with Gasteiger partial charge in [-0.05, 0) is 30.2 Å². The topological polar surface area (TPSA) is 90.2 Å². The number of benzene rings is 2. The third kappa shape index (κ3) is 4.54. The summed E-state index contributed by atoms with van der Waals surface area (Å²) in [5.74, 6) is -1.07. The molecule has 0 aliphatic carbocycles. The molecule has 2 N–H and O–H groups in total. The molecule has 7 heteroatoms. The average molecular weight is 431 g/mol. The fourth-order valence-electron chi connectivity index (χ4n) is 3.07. The van der Waals surface area contributed by atoms with Crippen molar-refractivity contribution in [1.29, 1.82) is 0 Å². The number of phenols is 1. The van der Waals surface area contributed by atoms with E-state index in [1.807, 2.05) is 24.3 Å². The summed E-state index contributed by atoms with van der Waals surface area (Å²) < 4.78 is 0.948. The smallest absolute Gasteiger partial charge is 0.303 e. The molecule has 0 fully saturated rings. The second-order valence-electron chi connectivity index (χ2n) is 6.32. The molecule has 1 atom stereocenters. The van der Waals surface area contributed by atoms with Gasteiger partial charge >= 0.3 is 5.97 Å². The number of carbonyl (C=O) groups is 2. The number of aliphatic carboxylic acids is 1. The summed E-state index contributed by atoms with van der Waals surface area (Å²) in [5.41, 5.74) is 2.28. The number of phenolic OH excluding ortho intramolecular Hbond substituents is 1. The van der Waals surface area contributed by atoms with E-state index in [-0.39, 0.29) is 30.9 Å². The highest BCUT2D eigenvalue weighted by Crippen LogP contribution is 2.37. The molecule has 3 rings (SSSR count). The Balaban J connectivity index is 1.87. The van der Waals surface area contributed by atoms with Gasteiger partial charge in [-0.15, -0.1) is 0 Å². The van der Waals surface area contributed by atoms with E-state index < -0.39 is 12.0 Å². The van der Waals surface area contributed by atoms with Crippen LogP contribution in [0.5, 0.6) is 5.75 Å². The Morgan fingerprint density at radius 3 is 2.48 bits per heavy atom. The monoisotopic (exact) mass is 430 g/mol. The van der Waals surface area contributed by atoms with Gasteiger partial charge in [0.2, 0.25) is 5.91 Å². The van der Waals surface area contributed by atoms with Crippen LogP contribution in [0, 0.1) is 0 Å². The second kappa shape index (κ2) is 8.35. The van der Waals surface area contributed by atoms with Crippen LogP contribution in [0.3, 0.4) is 0 Å². The minimum atomic E-state index is -0.930. The number of hydrogen-bond donors (Lipinski definition) is 2. The number of carbonyl (C=O) groups excluding carboxylic acids is 1. The summed E-state index contributed by atoms with van der Waals surface area (Å²) in [5, 5.41) is 24.9. The van der Waals surface area contributed by atoms with Gasteiger partial charge in [-0.2, -0.15) is 5.10 Å². The first-order valence-corrected chi connectivity index (χ1v) is 9.40. The van der Waals surface area contributed by atoms with E-state index >= 15 is 0 Å². The van der Waals surface area contributed by atoms with Crippen molar-refractivity contribution in [2.75, 3.05) is 0 Å². The first-order valence-electron chi connectivity index (χ1n) is 8.61. The molecule has 0 saturated heterocycles. The van der Waals surface area contributed by atoms with Crippen LogP contribution in [-0.4, -0.2) is 32.8 Å². The Morgan fingerprint density at radius 2 is 1.81 bits per heavy atom. The van der Waals surface area contributed by atoms with Crippen molar-refractivity contribution in [2.24, 2.45) is 5.10 Å². The van der Waals surface area contributed by atoms with Crippen LogP contribution in [0.2, 0.25) is 0 Å². The molecule has 2 aromatic rings. The Kier molecular flexibility index (Phi) is 5.91. The third-order valence-electron chi connectivity index (χ3n) is 4.42. The molecule has 1 aliphatic heterocycles. The van der Waals surface area contributed by atoms with Crippen molar-refractivity contribution >= 4 is 33.5 Å². The maximum atomic E-state index is 12.7. The Bertz CT molecular complexity index is 880. The van der Waals surface area contributed by atoms with E-state index in [2.05, 4.69) is 21.0 Å². The minimum absolute atomic E-state index is 0.0654. The van der Waals surface area contributed by atoms with Crippen LogP contribution in [0.25, 0.3) is 0 Å². The number of hydrazone groups is 1. The molecule has 27 heavy (non-hydrogen) atoms. The summed E-state index contributed by atoms with van der Waals surface area (Å²) in [4.78, 5) is 23.4. The number of para-hydroxylation sites is 1. The third-order valence-corrected chi connectivity index (χ3v) is 4.95. The molecule has 2 aromatic carbocycles. The second-order valence-corrected chi connectivity index (χ2v) is 7.23. The maximum absolute atomic E-state index is 12.7. The van der Waals surface area contributed by atoms with Gasteiger partial charge < -0.3 is 10.2 Å². The summed E-state index contributed by atoms with van der Waals surface area (Å²) >= 11 is 3.40. The lowest BCUT2D eigenvalue weighted by Gasteiger charge is -2.22. The lowest BCUT2D eigenvalue weighted by molar-refractivity contribution is -0.137. The molecule has 0 saturated carbocycles. The van der Waals surface area contributed by atoms with Gasteiger partial charge in [0.25, 0.3) is 0 Å². The van der Waals surface area contributed by atoms with Crippen molar-refractivity contribution in [3.63, 3.8) is 0 Å². The maximum Gasteiger partial charge on any atom is 0.303 e.